The van der Waals surface area contributed by atoms with Crippen LogP contribution in [0.1, 0.15) is 0 Å². The predicted molar refractivity (Wildman–Crippen MR) is 258 cm³/mol. The van der Waals surface area contributed by atoms with Gasteiger partial charge in [-0.3, -0.25) is 0 Å². The average Bonchev–Trinajstić information content (AvgIpc) is 4.01. The van der Waals surface area contributed by atoms with Crippen molar-refractivity contribution in [3.63, 3.8) is 0 Å². The van der Waals surface area contributed by atoms with Gasteiger partial charge >= 0.3 is 0 Å². The first-order valence-corrected chi connectivity index (χ1v) is 21.1. The van der Waals surface area contributed by atoms with Crippen LogP contribution >= 0.6 is 0 Å². The molecule has 10 aromatic carbocycles. The minimum atomic E-state index is 0.850. The topological polar surface area (TPSA) is 34.5 Å². The van der Waals surface area contributed by atoms with E-state index in [4.69, 9.17) is 8.83 Å². The zero-order valence-electron chi connectivity index (χ0n) is 33.5. The van der Waals surface area contributed by atoms with Crippen LogP contribution in [0.3, 0.4) is 0 Å². The number of fused-ring (bicyclic) bond motifs is 11. The van der Waals surface area contributed by atoms with E-state index in [0.717, 1.165) is 88.9 Å². The summed E-state index contributed by atoms with van der Waals surface area (Å²) in [5.41, 5.74) is 14.6. The van der Waals surface area contributed by atoms with Gasteiger partial charge in [0.15, 0.2) is 0 Å². The molecule has 4 nitrogen and oxygen atoms in total. The normalized spacial score (nSPS) is 11.9. The van der Waals surface area contributed by atoms with Crippen LogP contribution in [0.15, 0.2) is 227 Å². The molecule has 13 aromatic rings. The Morgan fingerprint density at radius 3 is 1.85 bits per heavy atom. The molecular formula is C58H36N2O2. The lowest BCUT2D eigenvalue weighted by atomic mass is 10.0. The molecule has 0 aliphatic rings. The van der Waals surface area contributed by atoms with Gasteiger partial charge in [-0.1, -0.05) is 146 Å². The first-order chi connectivity index (χ1) is 30.7. The number of hydrogen-bond donors (Lipinski definition) is 0. The fourth-order valence-electron chi connectivity index (χ4n) is 9.68. The largest absolute Gasteiger partial charge is 0.456 e. The fraction of sp³-hybridized carbons (Fsp3) is 0. The van der Waals surface area contributed by atoms with Gasteiger partial charge in [0.05, 0.1) is 11.0 Å². The second kappa shape index (κ2) is 13.6. The number of nitrogens with zero attached hydrogens (tertiary/aromatic N) is 2. The maximum absolute atomic E-state index is 6.61. The van der Waals surface area contributed by atoms with Crippen molar-refractivity contribution in [1.82, 2.24) is 4.57 Å². The predicted octanol–water partition coefficient (Wildman–Crippen LogP) is 16.5. The monoisotopic (exact) mass is 792 g/mol. The molecule has 62 heavy (non-hydrogen) atoms. The molecule has 3 aromatic heterocycles. The number of aromatic nitrogens is 1. The van der Waals surface area contributed by atoms with Crippen LogP contribution < -0.4 is 4.90 Å². The van der Waals surface area contributed by atoms with Crippen molar-refractivity contribution in [2.24, 2.45) is 0 Å². The molecule has 290 valence electrons. The van der Waals surface area contributed by atoms with Crippen molar-refractivity contribution in [2.75, 3.05) is 4.90 Å². The van der Waals surface area contributed by atoms with E-state index in [9.17, 15) is 0 Å². The van der Waals surface area contributed by atoms with Crippen molar-refractivity contribution in [3.05, 3.63) is 218 Å². The Morgan fingerprint density at radius 2 is 0.984 bits per heavy atom. The standard InChI is InChI=1S/C58H36N2O2/c1-3-12-38(13-4-1)46-19-11-20-51-52-35-43(29-33-55(52)62-58(46)51)59(44-28-32-49-48-18-9-10-21-54(48)61-56(49)36-44)42-26-22-37(23-27-42)40-25-30-47-50-31-24-39-14-7-8-17-45(39)57(50)60(53(47)34-40)41-15-5-2-6-16-41/h1-36H. The number of furan rings is 2. The molecule has 0 bridgehead atoms. The minimum Gasteiger partial charge on any atom is -0.456 e. The maximum atomic E-state index is 6.61. The molecule has 0 amide bonds. The van der Waals surface area contributed by atoms with Gasteiger partial charge in [0.25, 0.3) is 0 Å². The maximum Gasteiger partial charge on any atom is 0.143 e. The highest BCUT2D eigenvalue weighted by Gasteiger charge is 2.20. The van der Waals surface area contributed by atoms with Gasteiger partial charge in [0.1, 0.15) is 22.3 Å². The third-order valence-electron chi connectivity index (χ3n) is 12.6. The Morgan fingerprint density at radius 1 is 0.339 bits per heavy atom. The zero-order chi connectivity index (χ0) is 40.7. The summed E-state index contributed by atoms with van der Waals surface area (Å²) in [5.74, 6) is 0. The summed E-state index contributed by atoms with van der Waals surface area (Å²) in [6, 6.07) is 77.9. The molecule has 0 spiro atoms. The Kier molecular flexibility index (Phi) is 7.57. The summed E-state index contributed by atoms with van der Waals surface area (Å²) in [6.07, 6.45) is 0. The van der Waals surface area contributed by atoms with Crippen LogP contribution in [0.25, 0.3) is 104 Å². The van der Waals surface area contributed by atoms with Crippen molar-refractivity contribution >= 4 is 93.5 Å². The third-order valence-corrected chi connectivity index (χ3v) is 12.6. The smallest absolute Gasteiger partial charge is 0.143 e. The van der Waals surface area contributed by atoms with E-state index in [2.05, 4.69) is 210 Å². The lowest BCUT2D eigenvalue weighted by Gasteiger charge is -2.25. The van der Waals surface area contributed by atoms with Crippen molar-refractivity contribution in [1.29, 1.82) is 0 Å². The molecule has 13 rings (SSSR count). The summed E-state index contributed by atoms with van der Waals surface area (Å²) in [4.78, 5) is 2.32. The molecule has 0 unspecified atom stereocenters. The van der Waals surface area contributed by atoms with Gasteiger partial charge < -0.3 is 18.3 Å². The van der Waals surface area contributed by atoms with Crippen LogP contribution in [0.2, 0.25) is 0 Å². The molecule has 0 saturated carbocycles. The van der Waals surface area contributed by atoms with Gasteiger partial charge in [-0.2, -0.15) is 0 Å². The van der Waals surface area contributed by atoms with Crippen LogP contribution in [0.5, 0.6) is 0 Å². The van der Waals surface area contributed by atoms with Gasteiger partial charge in [0.2, 0.25) is 0 Å². The first-order valence-electron chi connectivity index (χ1n) is 21.1. The minimum absolute atomic E-state index is 0.850. The Labute approximate surface area is 356 Å². The molecule has 3 heterocycles. The Balaban J connectivity index is 0.966. The fourth-order valence-corrected chi connectivity index (χ4v) is 9.68. The quantitative estimate of drug-likeness (QED) is 0.168. The molecule has 4 heteroatoms. The molecule has 0 N–H and O–H groups in total. The van der Waals surface area contributed by atoms with E-state index in [0.29, 0.717) is 0 Å². The van der Waals surface area contributed by atoms with Crippen molar-refractivity contribution in [3.8, 4) is 27.9 Å². The van der Waals surface area contributed by atoms with E-state index in [1.165, 1.54) is 32.6 Å². The van der Waals surface area contributed by atoms with E-state index < -0.39 is 0 Å². The Hall–Kier alpha value is -8.34. The summed E-state index contributed by atoms with van der Waals surface area (Å²) >= 11 is 0. The molecule has 0 saturated heterocycles. The van der Waals surface area contributed by atoms with Crippen molar-refractivity contribution in [2.45, 2.75) is 0 Å². The Bertz CT molecular complexity index is 3860. The highest BCUT2D eigenvalue weighted by atomic mass is 16.3. The molecular weight excluding hydrogens is 757 g/mol. The van der Waals surface area contributed by atoms with Gasteiger partial charge in [-0.05, 0) is 88.8 Å². The zero-order valence-corrected chi connectivity index (χ0v) is 33.5. The highest BCUT2D eigenvalue weighted by Crippen LogP contribution is 2.44. The average molecular weight is 793 g/mol. The van der Waals surface area contributed by atoms with Crippen LogP contribution in [0, 0.1) is 0 Å². The van der Waals surface area contributed by atoms with E-state index in [-0.39, 0.29) is 0 Å². The molecule has 0 radical (unpaired) electrons. The second-order valence-corrected chi connectivity index (χ2v) is 16.1. The summed E-state index contributed by atoms with van der Waals surface area (Å²) in [5, 5.41) is 9.33. The summed E-state index contributed by atoms with van der Waals surface area (Å²) < 4.78 is 15.5. The van der Waals surface area contributed by atoms with Gasteiger partial charge in [0, 0.05) is 72.1 Å². The van der Waals surface area contributed by atoms with Crippen LogP contribution in [0.4, 0.5) is 17.1 Å². The number of rotatable bonds is 6. The first kappa shape index (κ1) is 34.5. The molecule has 0 aliphatic heterocycles. The third kappa shape index (κ3) is 5.33. The second-order valence-electron chi connectivity index (χ2n) is 16.1. The van der Waals surface area contributed by atoms with E-state index in [1.54, 1.807) is 0 Å². The van der Waals surface area contributed by atoms with Gasteiger partial charge in [-0.25, -0.2) is 0 Å². The number of benzene rings is 10. The summed E-state index contributed by atoms with van der Waals surface area (Å²) in [7, 11) is 0. The molecule has 0 fully saturated rings. The lowest BCUT2D eigenvalue weighted by molar-refractivity contribution is 0.668. The van der Waals surface area contributed by atoms with Crippen molar-refractivity contribution < 1.29 is 8.83 Å². The number of hydrogen-bond acceptors (Lipinski definition) is 3. The van der Waals surface area contributed by atoms with Crippen LogP contribution in [-0.4, -0.2) is 4.57 Å². The van der Waals surface area contributed by atoms with E-state index in [1.807, 2.05) is 18.2 Å². The molecule has 0 atom stereocenters. The van der Waals surface area contributed by atoms with E-state index >= 15 is 0 Å². The van der Waals surface area contributed by atoms with Gasteiger partial charge in [-0.15, -0.1) is 0 Å². The number of anilines is 3. The number of para-hydroxylation sites is 3. The molecule has 0 aliphatic carbocycles. The SMILES string of the molecule is c1ccc(-c2cccc3c2oc2ccc(N(c4ccc(-c5ccc6c7ccc8ccccc8c7n(-c7ccccc7)c6c5)cc4)c4ccc5c(c4)oc4ccccc45)cc23)cc1. The highest BCUT2D eigenvalue weighted by molar-refractivity contribution is 6.19. The lowest BCUT2D eigenvalue weighted by Crippen LogP contribution is -2.09. The summed E-state index contributed by atoms with van der Waals surface area (Å²) in [6.45, 7) is 0. The van der Waals surface area contributed by atoms with Crippen LogP contribution in [-0.2, 0) is 0 Å².